The second kappa shape index (κ2) is 6.85. The number of ether oxygens (including phenoxy) is 2. The molecule has 102 valence electrons. The zero-order valence-corrected chi connectivity index (χ0v) is 11.1. The fourth-order valence-corrected chi connectivity index (χ4v) is 1.91. The number of hydrogen-bond donors (Lipinski definition) is 1. The predicted octanol–water partition coefficient (Wildman–Crippen LogP) is 3.08. The van der Waals surface area contributed by atoms with E-state index >= 15 is 0 Å². The van der Waals surface area contributed by atoms with Crippen LogP contribution < -0.4 is 10.1 Å². The second-order valence-corrected chi connectivity index (χ2v) is 4.16. The Balaban J connectivity index is 1.89. The average molecular weight is 261 g/mol. The molecule has 1 aromatic carbocycles. The van der Waals surface area contributed by atoms with Crippen molar-refractivity contribution in [2.24, 2.45) is 0 Å². The summed E-state index contributed by atoms with van der Waals surface area (Å²) in [5, 5.41) is 4.37. The summed E-state index contributed by atoms with van der Waals surface area (Å²) >= 11 is 0. The monoisotopic (exact) mass is 261 g/mol. The molecule has 0 saturated heterocycles. The van der Waals surface area contributed by atoms with Gasteiger partial charge in [0, 0.05) is 5.39 Å². The van der Waals surface area contributed by atoms with Crippen LogP contribution in [-0.2, 0) is 11.3 Å². The molecule has 4 heteroatoms. The molecule has 1 aromatic heterocycles. The number of rotatable bonds is 8. The zero-order chi connectivity index (χ0) is 13.5. The Hall–Kier alpha value is -1.94. The van der Waals surface area contributed by atoms with Crippen LogP contribution in [0.1, 0.15) is 12.2 Å². The van der Waals surface area contributed by atoms with E-state index in [1.165, 1.54) is 6.26 Å². The van der Waals surface area contributed by atoms with Gasteiger partial charge in [0.25, 0.3) is 0 Å². The largest absolute Gasteiger partial charge is 0.502 e. The van der Waals surface area contributed by atoms with Crippen LogP contribution in [0.15, 0.2) is 41.5 Å². The van der Waals surface area contributed by atoms with E-state index in [4.69, 9.17) is 13.9 Å². The van der Waals surface area contributed by atoms with E-state index < -0.39 is 0 Å². The minimum absolute atomic E-state index is 0.685. The molecule has 0 aliphatic heterocycles. The van der Waals surface area contributed by atoms with Gasteiger partial charge in [-0.3, -0.25) is 0 Å². The molecule has 0 aliphatic carbocycles. The molecule has 0 unspecified atom stereocenters. The lowest BCUT2D eigenvalue weighted by atomic mass is 10.2. The molecule has 0 spiro atoms. The highest BCUT2D eigenvalue weighted by molar-refractivity contribution is 5.83. The topological polar surface area (TPSA) is 43.6 Å². The van der Waals surface area contributed by atoms with Crippen LogP contribution >= 0.6 is 0 Å². The first-order valence-corrected chi connectivity index (χ1v) is 6.34. The molecule has 0 fully saturated rings. The van der Waals surface area contributed by atoms with Gasteiger partial charge in [0.1, 0.15) is 5.76 Å². The number of hydrogen-bond acceptors (Lipinski definition) is 4. The summed E-state index contributed by atoms with van der Waals surface area (Å²) < 4.78 is 16.1. The molecule has 2 rings (SSSR count). The molecule has 0 aliphatic rings. The summed E-state index contributed by atoms with van der Waals surface area (Å²) in [5.74, 6) is 1.67. The molecular weight excluding hydrogens is 242 g/mol. The van der Waals surface area contributed by atoms with Gasteiger partial charge in [-0.25, -0.2) is 0 Å². The van der Waals surface area contributed by atoms with Gasteiger partial charge in [0.05, 0.1) is 26.5 Å². The van der Waals surface area contributed by atoms with Gasteiger partial charge >= 0.3 is 0 Å². The first-order chi connectivity index (χ1) is 9.35. The summed E-state index contributed by atoms with van der Waals surface area (Å²) in [6.45, 7) is 5.76. The summed E-state index contributed by atoms with van der Waals surface area (Å²) in [6, 6.07) is 7.91. The van der Waals surface area contributed by atoms with Crippen molar-refractivity contribution in [3.8, 4) is 5.75 Å². The standard InChI is InChI=1S/C15H19NO3/c1-3-18-9-5-8-16-11-13-10-12-6-4-7-14(17-2)15(12)19-13/h3-4,6-7,10,16H,1,5,8-9,11H2,2H3. The molecule has 0 bridgehead atoms. The third kappa shape index (κ3) is 3.51. The van der Waals surface area contributed by atoms with Crippen molar-refractivity contribution < 1.29 is 13.9 Å². The Labute approximate surface area is 113 Å². The van der Waals surface area contributed by atoms with Gasteiger partial charge < -0.3 is 19.2 Å². The van der Waals surface area contributed by atoms with Crippen molar-refractivity contribution >= 4 is 11.0 Å². The van der Waals surface area contributed by atoms with Gasteiger partial charge in [0.15, 0.2) is 11.3 Å². The van der Waals surface area contributed by atoms with Crippen molar-refractivity contribution in [1.82, 2.24) is 5.32 Å². The van der Waals surface area contributed by atoms with Crippen molar-refractivity contribution in [2.45, 2.75) is 13.0 Å². The van der Waals surface area contributed by atoms with Crippen molar-refractivity contribution in [3.05, 3.63) is 42.9 Å². The fraction of sp³-hybridized carbons (Fsp3) is 0.333. The van der Waals surface area contributed by atoms with Gasteiger partial charge in [-0.05, 0) is 25.1 Å². The van der Waals surface area contributed by atoms with E-state index in [1.54, 1.807) is 7.11 Å². The van der Waals surface area contributed by atoms with E-state index in [9.17, 15) is 0 Å². The molecule has 1 heterocycles. The van der Waals surface area contributed by atoms with E-state index in [0.717, 1.165) is 35.4 Å². The van der Waals surface area contributed by atoms with E-state index in [-0.39, 0.29) is 0 Å². The third-order valence-corrected chi connectivity index (χ3v) is 2.81. The summed E-state index contributed by atoms with van der Waals surface area (Å²) in [6.07, 6.45) is 2.40. The SMILES string of the molecule is C=COCCCNCc1cc2cccc(OC)c2o1. The van der Waals surface area contributed by atoms with Crippen LogP contribution in [0.3, 0.4) is 0 Å². The highest BCUT2D eigenvalue weighted by atomic mass is 16.5. The average Bonchev–Trinajstić information content (AvgIpc) is 2.85. The Morgan fingerprint density at radius 2 is 2.32 bits per heavy atom. The van der Waals surface area contributed by atoms with E-state index in [0.29, 0.717) is 13.2 Å². The minimum atomic E-state index is 0.685. The molecule has 0 radical (unpaired) electrons. The quantitative estimate of drug-likeness (QED) is 0.586. The molecule has 0 amide bonds. The van der Waals surface area contributed by atoms with Gasteiger partial charge in [0.2, 0.25) is 0 Å². The van der Waals surface area contributed by atoms with Crippen LogP contribution in [0.5, 0.6) is 5.75 Å². The Kier molecular flexibility index (Phi) is 4.86. The van der Waals surface area contributed by atoms with Gasteiger partial charge in [-0.2, -0.15) is 0 Å². The minimum Gasteiger partial charge on any atom is -0.502 e. The molecule has 1 N–H and O–H groups in total. The lowest BCUT2D eigenvalue weighted by molar-refractivity contribution is 0.244. The third-order valence-electron chi connectivity index (χ3n) is 2.81. The van der Waals surface area contributed by atoms with Gasteiger partial charge in [-0.1, -0.05) is 18.7 Å². The van der Waals surface area contributed by atoms with Crippen LogP contribution in [0.2, 0.25) is 0 Å². The van der Waals surface area contributed by atoms with Gasteiger partial charge in [-0.15, -0.1) is 0 Å². The normalized spacial score (nSPS) is 10.6. The first-order valence-electron chi connectivity index (χ1n) is 6.34. The molecule has 19 heavy (non-hydrogen) atoms. The molecule has 2 aromatic rings. The number of para-hydroxylation sites is 1. The maximum absolute atomic E-state index is 5.78. The highest BCUT2D eigenvalue weighted by Crippen LogP contribution is 2.28. The summed E-state index contributed by atoms with van der Waals surface area (Å²) in [5.41, 5.74) is 0.803. The van der Waals surface area contributed by atoms with Crippen LogP contribution in [0.25, 0.3) is 11.0 Å². The van der Waals surface area contributed by atoms with Crippen LogP contribution in [0.4, 0.5) is 0 Å². The Bertz CT molecular complexity index is 533. The number of furan rings is 1. The number of benzene rings is 1. The fourth-order valence-electron chi connectivity index (χ4n) is 1.91. The van der Waals surface area contributed by atoms with Crippen LogP contribution in [-0.4, -0.2) is 20.3 Å². The first kappa shape index (κ1) is 13.5. The van der Waals surface area contributed by atoms with Crippen LogP contribution in [0, 0.1) is 0 Å². The zero-order valence-electron chi connectivity index (χ0n) is 11.1. The lowest BCUT2D eigenvalue weighted by Crippen LogP contribution is -2.15. The predicted molar refractivity (Wildman–Crippen MR) is 75.2 cm³/mol. The Morgan fingerprint density at radius 3 is 3.11 bits per heavy atom. The molecule has 0 atom stereocenters. The maximum Gasteiger partial charge on any atom is 0.176 e. The smallest absolute Gasteiger partial charge is 0.176 e. The highest BCUT2D eigenvalue weighted by Gasteiger charge is 2.07. The summed E-state index contributed by atoms with van der Waals surface area (Å²) in [7, 11) is 1.65. The molecular formula is C15H19NO3. The lowest BCUT2D eigenvalue weighted by Gasteiger charge is -2.02. The number of methoxy groups -OCH3 is 1. The maximum atomic E-state index is 5.78. The summed E-state index contributed by atoms with van der Waals surface area (Å²) in [4.78, 5) is 0. The van der Waals surface area contributed by atoms with E-state index in [1.807, 2.05) is 24.3 Å². The number of fused-ring (bicyclic) bond motifs is 1. The molecule has 0 saturated carbocycles. The van der Waals surface area contributed by atoms with E-state index in [2.05, 4.69) is 11.9 Å². The number of nitrogens with one attached hydrogen (secondary N) is 1. The van der Waals surface area contributed by atoms with Crippen molar-refractivity contribution in [3.63, 3.8) is 0 Å². The second-order valence-electron chi connectivity index (χ2n) is 4.16. The van der Waals surface area contributed by atoms with Crippen molar-refractivity contribution in [1.29, 1.82) is 0 Å². The van der Waals surface area contributed by atoms with Crippen molar-refractivity contribution in [2.75, 3.05) is 20.3 Å². The Morgan fingerprint density at radius 1 is 1.42 bits per heavy atom. The molecule has 4 nitrogen and oxygen atoms in total.